The summed E-state index contributed by atoms with van der Waals surface area (Å²) in [6.45, 7) is 1.34. The van der Waals surface area contributed by atoms with E-state index in [4.69, 9.17) is 26.1 Å². The summed E-state index contributed by atoms with van der Waals surface area (Å²) in [6, 6.07) is 10.2. The minimum absolute atomic E-state index is 0.0867. The molecule has 2 aliphatic rings. The number of carbonyl (C=O) groups is 1. The van der Waals surface area contributed by atoms with Crippen molar-refractivity contribution in [2.45, 2.75) is 64.0 Å². The highest BCUT2D eigenvalue weighted by Crippen LogP contribution is 2.36. The van der Waals surface area contributed by atoms with Crippen LogP contribution in [0.5, 0.6) is 5.75 Å². The first kappa shape index (κ1) is 29.1. The predicted octanol–water partition coefficient (Wildman–Crippen LogP) is 5.03. The van der Waals surface area contributed by atoms with E-state index in [1.165, 1.54) is 17.0 Å². The van der Waals surface area contributed by atoms with Gasteiger partial charge in [0.2, 0.25) is 0 Å². The molecule has 2 aromatic heterocycles. The van der Waals surface area contributed by atoms with Gasteiger partial charge in [0.1, 0.15) is 24.3 Å². The number of nitrogens with zero attached hydrogens (tertiary/aromatic N) is 5. The predicted molar refractivity (Wildman–Crippen MR) is 155 cm³/mol. The average molecular weight is 614 g/mol. The molecule has 2 saturated heterocycles. The maximum Gasteiger partial charge on any atom is 0.410 e. The van der Waals surface area contributed by atoms with Crippen molar-refractivity contribution < 1.29 is 28.2 Å². The summed E-state index contributed by atoms with van der Waals surface area (Å²) in [5.74, 6) is 0.679. The van der Waals surface area contributed by atoms with Crippen LogP contribution in [0, 0.1) is 0 Å². The van der Waals surface area contributed by atoms with Gasteiger partial charge in [-0.1, -0.05) is 23.7 Å². The Morgan fingerprint density at radius 3 is 2.67 bits per heavy atom. The Bertz CT molecular complexity index is 1730. The van der Waals surface area contributed by atoms with Gasteiger partial charge in [-0.2, -0.15) is 13.9 Å². The number of hydrogen-bond donors (Lipinski definition) is 1. The molecule has 2 atom stereocenters. The lowest BCUT2D eigenvalue weighted by Gasteiger charge is -2.33. The summed E-state index contributed by atoms with van der Waals surface area (Å²) in [4.78, 5) is 32.5. The standard InChI is InChI=1S/C30H30ClF2N5O5/c1-30(2,41)12-26-35-24-10-22(18-13-34-38(15-18)28(32)33)25(43-21-7-8-36-20(9-21)16-42-29(36)40)11-23(24)27(39)37(26)14-17-3-5-19(31)6-4-17/h3-6,10-11,13,15,20-21,28,41H,7-9,12,14,16H2,1-2H3/t20-,21-/m0/s1. The van der Waals surface area contributed by atoms with E-state index >= 15 is 0 Å². The third kappa shape index (κ3) is 6.07. The summed E-state index contributed by atoms with van der Waals surface area (Å²) in [7, 11) is 0. The van der Waals surface area contributed by atoms with Gasteiger partial charge in [-0.25, -0.2) is 14.5 Å². The Hall–Kier alpha value is -4.03. The number of hydrogen-bond acceptors (Lipinski definition) is 7. The zero-order valence-electron chi connectivity index (χ0n) is 23.5. The van der Waals surface area contributed by atoms with E-state index in [-0.39, 0.29) is 48.8 Å². The molecule has 13 heteroatoms. The first-order valence-corrected chi connectivity index (χ1v) is 14.3. The van der Waals surface area contributed by atoms with E-state index in [0.717, 1.165) is 5.56 Å². The van der Waals surface area contributed by atoms with Crippen LogP contribution in [0.4, 0.5) is 13.6 Å². The van der Waals surface area contributed by atoms with Crippen LogP contribution >= 0.6 is 11.6 Å². The molecule has 2 fully saturated rings. The summed E-state index contributed by atoms with van der Waals surface area (Å²) < 4.78 is 40.5. The quantitative estimate of drug-likeness (QED) is 0.297. The van der Waals surface area contributed by atoms with Gasteiger partial charge in [0.25, 0.3) is 5.56 Å². The van der Waals surface area contributed by atoms with Crippen molar-refractivity contribution in [3.8, 4) is 16.9 Å². The van der Waals surface area contributed by atoms with Crippen LogP contribution in [0.1, 0.15) is 44.6 Å². The second-order valence-electron chi connectivity index (χ2n) is 11.6. The molecular formula is C30H30ClF2N5O5. The lowest BCUT2D eigenvalue weighted by atomic mass is 10.00. The normalized spacial score (nSPS) is 18.8. The van der Waals surface area contributed by atoms with Crippen molar-refractivity contribution in [1.29, 1.82) is 0 Å². The molecule has 1 amide bonds. The Balaban J connectivity index is 1.47. The molecule has 6 rings (SSSR count). The summed E-state index contributed by atoms with van der Waals surface area (Å²) in [6.07, 6.45) is 3.00. The van der Waals surface area contributed by atoms with E-state index in [1.54, 1.807) is 43.0 Å². The van der Waals surface area contributed by atoms with E-state index < -0.39 is 12.2 Å². The largest absolute Gasteiger partial charge is 0.490 e. The van der Waals surface area contributed by atoms with E-state index in [2.05, 4.69) is 5.10 Å². The summed E-state index contributed by atoms with van der Waals surface area (Å²) in [5.41, 5.74) is 0.440. The number of carbonyl (C=O) groups excluding carboxylic acids is 1. The van der Waals surface area contributed by atoms with Gasteiger partial charge in [-0.3, -0.25) is 9.36 Å². The molecule has 4 heterocycles. The molecule has 43 heavy (non-hydrogen) atoms. The number of piperidine rings is 1. The van der Waals surface area contributed by atoms with Crippen LogP contribution in [0.2, 0.25) is 5.02 Å². The maximum atomic E-state index is 14.1. The van der Waals surface area contributed by atoms with Crippen molar-refractivity contribution in [1.82, 2.24) is 24.2 Å². The van der Waals surface area contributed by atoms with Crippen LogP contribution in [0.3, 0.4) is 0 Å². The van der Waals surface area contributed by atoms with Crippen LogP contribution in [0.15, 0.2) is 53.6 Å². The van der Waals surface area contributed by atoms with Crippen molar-refractivity contribution in [2.75, 3.05) is 13.2 Å². The third-order valence-corrected chi connectivity index (χ3v) is 7.94. The van der Waals surface area contributed by atoms with Gasteiger partial charge < -0.3 is 19.5 Å². The molecule has 0 unspecified atom stereocenters. The number of aliphatic hydroxyl groups is 1. The SMILES string of the molecule is CC(C)(O)Cc1nc2cc(-c3cnn(C(F)F)c3)c(O[C@H]3CCN4C(=O)OC[C@@H]4C3)cc2c(=O)n1Cc1ccc(Cl)cc1. The van der Waals surface area contributed by atoms with Gasteiger partial charge in [0.15, 0.2) is 0 Å². The highest BCUT2D eigenvalue weighted by Gasteiger charge is 2.39. The fourth-order valence-electron chi connectivity index (χ4n) is 5.61. The highest BCUT2D eigenvalue weighted by molar-refractivity contribution is 6.30. The van der Waals surface area contributed by atoms with Gasteiger partial charge in [0.05, 0.1) is 35.3 Å². The van der Waals surface area contributed by atoms with Gasteiger partial charge in [-0.15, -0.1) is 0 Å². The molecule has 1 N–H and O–H groups in total. The van der Waals surface area contributed by atoms with Crippen molar-refractivity contribution in [2.24, 2.45) is 0 Å². The molecule has 0 radical (unpaired) electrons. The van der Waals surface area contributed by atoms with Crippen LogP contribution < -0.4 is 10.3 Å². The Kier molecular flexibility index (Phi) is 7.59. The van der Waals surface area contributed by atoms with Crippen molar-refractivity contribution >= 4 is 28.6 Å². The number of fused-ring (bicyclic) bond motifs is 2. The van der Waals surface area contributed by atoms with Crippen LogP contribution in [-0.2, 0) is 17.7 Å². The van der Waals surface area contributed by atoms with Gasteiger partial charge in [-0.05, 0) is 43.7 Å². The van der Waals surface area contributed by atoms with E-state index in [9.17, 15) is 23.5 Å². The molecule has 226 valence electrons. The van der Waals surface area contributed by atoms with E-state index in [1.807, 2.05) is 12.1 Å². The molecule has 0 bridgehead atoms. The van der Waals surface area contributed by atoms with Crippen LogP contribution in [0.25, 0.3) is 22.0 Å². The number of amides is 1. The topological polar surface area (TPSA) is 112 Å². The fraction of sp³-hybridized carbons (Fsp3) is 0.400. The van der Waals surface area contributed by atoms with Gasteiger partial charge in [0, 0.05) is 48.2 Å². The Morgan fingerprint density at radius 1 is 1.21 bits per heavy atom. The number of cyclic esters (lactones) is 1. The Labute approximate surface area is 250 Å². The Morgan fingerprint density at radius 2 is 1.98 bits per heavy atom. The van der Waals surface area contributed by atoms with Gasteiger partial charge >= 0.3 is 12.6 Å². The lowest BCUT2D eigenvalue weighted by molar-refractivity contribution is 0.0566. The zero-order chi connectivity index (χ0) is 30.5. The monoisotopic (exact) mass is 613 g/mol. The second kappa shape index (κ2) is 11.2. The fourth-order valence-corrected chi connectivity index (χ4v) is 5.73. The molecule has 0 spiro atoms. The first-order chi connectivity index (χ1) is 20.4. The third-order valence-electron chi connectivity index (χ3n) is 7.69. The van der Waals surface area contributed by atoms with E-state index in [0.29, 0.717) is 57.3 Å². The first-order valence-electron chi connectivity index (χ1n) is 13.9. The minimum Gasteiger partial charge on any atom is -0.490 e. The number of halogens is 3. The number of benzene rings is 2. The minimum atomic E-state index is -2.83. The molecule has 4 aromatic rings. The highest BCUT2D eigenvalue weighted by atomic mass is 35.5. The molecule has 0 aliphatic carbocycles. The van der Waals surface area contributed by atoms with Crippen molar-refractivity contribution in [3.05, 3.63) is 75.6 Å². The van der Waals surface area contributed by atoms with Crippen molar-refractivity contribution in [3.63, 3.8) is 0 Å². The number of rotatable bonds is 8. The zero-order valence-corrected chi connectivity index (χ0v) is 24.3. The smallest absolute Gasteiger partial charge is 0.410 e. The molecule has 2 aromatic carbocycles. The second-order valence-corrected chi connectivity index (χ2v) is 12.0. The molecule has 0 saturated carbocycles. The number of aromatic nitrogens is 4. The molecule has 2 aliphatic heterocycles. The number of ether oxygens (including phenoxy) is 2. The number of alkyl halides is 2. The molecular weight excluding hydrogens is 584 g/mol. The average Bonchev–Trinajstić information content (AvgIpc) is 3.59. The lowest BCUT2D eigenvalue weighted by Crippen LogP contribution is -2.44. The molecule has 10 nitrogen and oxygen atoms in total. The maximum absolute atomic E-state index is 14.1. The summed E-state index contributed by atoms with van der Waals surface area (Å²) in [5, 5.41) is 15.3. The van der Waals surface area contributed by atoms with Crippen LogP contribution in [-0.4, -0.2) is 66.3 Å². The summed E-state index contributed by atoms with van der Waals surface area (Å²) >= 11 is 6.06.